The van der Waals surface area contributed by atoms with Crippen molar-refractivity contribution >= 4 is 34.7 Å². The molecule has 1 fully saturated rings. The van der Waals surface area contributed by atoms with Gasteiger partial charge in [-0.25, -0.2) is 13.2 Å². The van der Waals surface area contributed by atoms with Crippen LogP contribution in [0.5, 0.6) is 0 Å². The summed E-state index contributed by atoms with van der Waals surface area (Å²) < 4.78 is 39.7. The van der Waals surface area contributed by atoms with E-state index in [1.54, 1.807) is 17.5 Å². The molecular weight excluding hydrogens is 395 g/mol. The molecule has 1 unspecified atom stereocenters. The fraction of sp³-hybridized carbons (Fsp3) is 0.278. The van der Waals surface area contributed by atoms with Crippen LogP contribution >= 0.6 is 11.3 Å². The molecular formula is C18H16F3N3O3S. The van der Waals surface area contributed by atoms with Gasteiger partial charge < -0.3 is 15.5 Å². The minimum atomic E-state index is -1.70. The smallest absolute Gasteiger partial charge is 0.264 e. The lowest BCUT2D eigenvalue weighted by Crippen LogP contribution is -2.47. The molecule has 1 atom stereocenters. The molecule has 0 saturated carbocycles. The highest BCUT2D eigenvalue weighted by Crippen LogP contribution is 2.22. The van der Waals surface area contributed by atoms with E-state index in [1.165, 1.54) is 16.2 Å². The first-order valence-electron chi connectivity index (χ1n) is 8.44. The third kappa shape index (κ3) is 4.16. The maximum Gasteiger partial charge on any atom is 0.264 e. The minimum Gasteiger partial charge on any atom is -0.345 e. The first-order chi connectivity index (χ1) is 13.4. The number of carbonyl (C=O) groups excluding carboxylic acids is 3. The predicted molar refractivity (Wildman–Crippen MR) is 96.3 cm³/mol. The zero-order valence-electron chi connectivity index (χ0n) is 14.5. The standard InChI is InChI=1S/C18H16F3N3O3S/c19-10-5-6-11(16(21)15(10)20)23-14(25)9-22-17(26)12-3-1-7-24(12)18(27)13-4-2-8-28-13/h2,4-6,8,12H,1,3,7,9H2,(H,22,26)(H,23,25). The Labute approximate surface area is 162 Å². The third-order valence-corrected chi connectivity index (χ3v) is 5.14. The summed E-state index contributed by atoms with van der Waals surface area (Å²) in [7, 11) is 0. The summed E-state index contributed by atoms with van der Waals surface area (Å²) in [6.45, 7) is -0.0735. The largest absolute Gasteiger partial charge is 0.345 e. The molecule has 1 saturated heterocycles. The van der Waals surface area contributed by atoms with Crippen molar-refractivity contribution in [1.29, 1.82) is 0 Å². The maximum atomic E-state index is 13.6. The number of amides is 3. The molecule has 1 aromatic heterocycles. The zero-order valence-corrected chi connectivity index (χ0v) is 15.3. The van der Waals surface area contributed by atoms with Crippen molar-refractivity contribution in [2.24, 2.45) is 0 Å². The molecule has 3 amide bonds. The first-order valence-corrected chi connectivity index (χ1v) is 9.32. The second kappa shape index (κ2) is 8.42. The number of halogens is 3. The van der Waals surface area contributed by atoms with Gasteiger partial charge in [-0.3, -0.25) is 14.4 Å². The van der Waals surface area contributed by atoms with Gasteiger partial charge in [-0.2, -0.15) is 0 Å². The summed E-state index contributed by atoms with van der Waals surface area (Å²) in [5, 5.41) is 6.22. The predicted octanol–water partition coefficient (Wildman–Crippen LogP) is 2.52. The highest BCUT2D eigenvalue weighted by molar-refractivity contribution is 7.12. The Morgan fingerprint density at radius 2 is 1.93 bits per heavy atom. The Balaban J connectivity index is 1.57. The molecule has 0 aliphatic carbocycles. The fourth-order valence-corrected chi connectivity index (χ4v) is 3.61. The number of hydrogen-bond donors (Lipinski definition) is 2. The van der Waals surface area contributed by atoms with Gasteiger partial charge in [0.25, 0.3) is 5.91 Å². The average Bonchev–Trinajstić information content (AvgIpc) is 3.38. The monoisotopic (exact) mass is 411 g/mol. The van der Waals surface area contributed by atoms with Crippen LogP contribution in [0.2, 0.25) is 0 Å². The number of nitrogens with one attached hydrogen (secondary N) is 2. The van der Waals surface area contributed by atoms with Crippen LogP contribution in [0.3, 0.4) is 0 Å². The van der Waals surface area contributed by atoms with Crippen molar-refractivity contribution in [3.63, 3.8) is 0 Å². The van der Waals surface area contributed by atoms with Crippen LogP contribution < -0.4 is 10.6 Å². The molecule has 1 aliphatic heterocycles. The average molecular weight is 411 g/mol. The molecule has 1 aliphatic rings. The Morgan fingerprint density at radius 3 is 2.64 bits per heavy atom. The lowest BCUT2D eigenvalue weighted by Gasteiger charge is -2.23. The van der Waals surface area contributed by atoms with E-state index in [0.29, 0.717) is 30.3 Å². The summed E-state index contributed by atoms with van der Waals surface area (Å²) in [5.74, 6) is -6.17. The van der Waals surface area contributed by atoms with Gasteiger partial charge in [-0.1, -0.05) is 6.07 Å². The fourth-order valence-electron chi connectivity index (χ4n) is 2.93. The topological polar surface area (TPSA) is 78.5 Å². The van der Waals surface area contributed by atoms with Crippen LogP contribution in [0.1, 0.15) is 22.5 Å². The molecule has 10 heteroatoms. The summed E-state index contributed by atoms with van der Waals surface area (Å²) in [4.78, 5) is 38.7. The SMILES string of the molecule is O=C(CNC(=O)C1CCCN1C(=O)c1cccs1)Nc1ccc(F)c(F)c1F. The molecule has 2 aromatic rings. The molecule has 148 valence electrons. The first kappa shape index (κ1) is 19.9. The van der Waals surface area contributed by atoms with Crippen molar-refractivity contribution in [2.45, 2.75) is 18.9 Å². The van der Waals surface area contributed by atoms with Gasteiger partial charge >= 0.3 is 0 Å². The molecule has 6 nitrogen and oxygen atoms in total. The molecule has 2 heterocycles. The van der Waals surface area contributed by atoms with Crippen molar-refractivity contribution in [3.05, 3.63) is 52.0 Å². The number of likely N-dealkylation sites (tertiary alicyclic amines) is 1. The second-order valence-corrected chi connectivity index (χ2v) is 7.07. The number of carbonyl (C=O) groups is 3. The summed E-state index contributed by atoms with van der Waals surface area (Å²) in [6, 6.07) is 4.27. The summed E-state index contributed by atoms with van der Waals surface area (Å²) in [6.07, 6.45) is 1.11. The van der Waals surface area contributed by atoms with Gasteiger partial charge in [-0.15, -0.1) is 11.3 Å². The Morgan fingerprint density at radius 1 is 1.14 bits per heavy atom. The normalized spacial score (nSPS) is 16.1. The number of nitrogens with zero attached hydrogens (tertiary/aromatic N) is 1. The number of hydrogen-bond acceptors (Lipinski definition) is 4. The van der Waals surface area contributed by atoms with E-state index in [9.17, 15) is 27.6 Å². The minimum absolute atomic E-state index is 0.249. The van der Waals surface area contributed by atoms with Gasteiger partial charge in [-0.05, 0) is 36.4 Å². The van der Waals surface area contributed by atoms with E-state index >= 15 is 0 Å². The van der Waals surface area contributed by atoms with Crippen LogP contribution in [0.25, 0.3) is 0 Å². The zero-order chi connectivity index (χ0) is 20.3. The molecule has 1 aromatic carbocycles. The number of rotatable bonds is 5. The molecule has 28 heavy (non-hydrogen) atoms. The van der Waals surface area contributed by atoms with Gasteiger partial charge in [0.05, 0.1) is 17.1 Å². The molecule has 0 radical (unpaired) electrons. The number of anilines is 1. The van der Waals surface area contributed by atoms with E-state index in [1.807, 2.05) is 0 Å². The molecule has 3 rings (SSSR count). The van der Waals surface area contributed by atoms with Crippen molar-refractivity contribution in [1.82, 2.24) is 10.2 Å². The van der Waals surface area contributed by atoms with Crippen molar-refractivity contribution in [3.8, 4) is 0 Å². The van der Waals surface area contributed by atoms with Crippen molar-refractivity contribution in [2.75, 3.05) is 18.4 Å². The van der Waals surface area contributed by atoms with E-state index < -0.39 is 47.5 Å². The number of benzene rings is 1. The van der Waals surface area contributed by atoms with E-state index in [0.717, 1.165) is 6.07 Å². The summed E-state index contributed by atoms with van der Waals surface area (Å²) >= 11 is 1.27. The third-order valence-electron chi connectivity index (χ3n) is 4.28. The highest BCUT2D eigenvalue weighted by atomic mass is 32.1. The second-order valence-electron chi connectivity index (χ2n) is 6.12. The van der Waals surface area contributed by atoms with E-state index in [4.69, 9.17) is 0 Å². The Bertz CT molecular complexity index is 905. The van der Waals surface area contributed by atoms with Crippen LogP contribution in [0, 0.1) is 17.5 Å². The lowest BCUT2D eigenvalue weighted by molar-refractivity contribution is -0.127. The van der Waals surface area contributed by atoms with Crippen LogP contribution in [0.4, 0.5) is 18.9 Å². The lowest BCUT2D eigenvalue weighted by atomic mass is 10.2. The van der Waals surface area contributed by atoms with Gasteiger partial charge in [0.1, 0.15) is 6.04 Å². The van der Waals surface area contributed by atoms with Crippen LogP contribution in [0.15, 0.2) is 29.6 Å². The van der Waals surface area contributed by atoms with Crippen LogP contribution in [-0.2, 0) is 9.59 Å². The molecule has 2 N–H and O–H groups in total. The quantitative estimate of drug-likeness (QED) is 0.743. The van der Waals surface area contributed by atoms with E-state index in [2.05, 4.69) is 10.6 Å². The van der Waals surface area contributed by atoms with Crippen LogP contribution in [-0.4, -0.2) is 41.8 Å². The van der Waals surface area contributed by atoms with Gasteiger partial charge in [0.2, 0.25) is 11.8 Å². The summed E-state index contributed by atoms with van der Waals surface area (Å²) in [5.41, 5.74) is -0.534. The van der Waals surface area contributed by atoms with Gasteiger partial charge in [0, 0.05) is 6.54 Å². The van der Waals surface area contributed by atoms with E-state index in [-0.39, 0.29) is 5.91 Å². The molecule has 0 spiro atoms. The maximum absolute atomic E-state index is 13.6. The molecule has 0 bridgehead atoms. The number of thiophene rings is 1. The highest BCUT2D eigenvalue weighted by Gasteiger charge is 2.34. The van der Waals surface area contributed by atoms with Crippen molar-refractivity contribution < 1.29 is 27.6 Å². The van der Waals surface area contributed by atoms with Gasteiger partial charge in [0.15, 0.2) is 17.5 Å². The Kier molecular flexibility index (Phi) is 5.98. The Hall–Kier alpha value is -2.88.